The lowest BCUT2D eigenvalue weighted by Gasteiger charge is -2.10. The van der Waals surface area contributed by atoms with E-state index in [-0.39, 0.29) is 16.9 Å². The van der Waals surface area contributed by atoms with E-state index < -0.39 is 5.97 Å². The molecule has 1 aromatic carbocycles. The summed E-state index contributed by atoms with van der Waals surface area (Å²) in [6, 6.07) is 5.22. The number of allylic oxidation sites excluding steroid dienone is 1. The molecule has 1 N–H and O–H groups in total. The first kappa shape index (κ1) is 19.0. The summed E-state index contributed by atoms with van der Waals surface area (Å²) in [5.41, 5.74) is 1.06. The molecule has 0 saturated heterocycles. The van der Waals surface area contributed by atoms with Gasteiger partial charge in [-0.2, -0.15) is 0 Å². The number of nitrogens with one attached hydrogen (secondary N) is 1. The lowest BCUT2D eigenvalue weighted by molar-refractivity contribution is -0.136. The SMILES string of the molecule is C=C/C(=C\c1c(C)nc(-c2ccc(OC)c(OC)c2)[nH]c1=O)OC(C)=O. The third-order valence-electron chi connectivity index (χ3n) is 3.55. The molecule has 2 rings (SSSR count). The molecule has 1 aromatic heterocycles. The van der Waals surface area contributed by atoms with Crippen molar-refractivity contribution in [1.29, 1.82) is 0 Å². The first-order valence-electron chi connectivity index (χ1n) is 7.75. The maximum Gasteiger partial charge on any atom is 0.308 e. The number of benzene rings is 1. The van der Waals surface area contributed by atoms with Crippen LogP contribution in [0.15, 0.2) is 41.4 Å². The van der Waals surface area contributed by atoms with Crippen LogP contribution in [-0.2, 0) is 9.53 Å². The number of H-pyrrole nitrogens is 1. The zero-order valence-corrected chi connectivity index (χ0v) is 15.1. The van der Waals surface area contributed by atoms with E-state index in [2.05, 4.69) is 16.5 Å². The number of carbonyl (C=O) groups is 1. The lowest BCUT2D eigenvalue weighted by Crippen LogP contribution is -2.15. The Hall–Kier alpha value is -3.35. The Kier molecular flexibility index (Phi) is 5.95. The van der Waals surface area contributed by atoms with Crippen LogP contribution in [0.25, 0.3) is 17.5 Å². The molecule has 0 aliphatic rings. The van der Waals surface area contributed by atoms with Gasteiger partial charge in [-0.3, -0.25) is 9.59 Å². The highest BCUT2D eigenvalue weighted by atomic mass is 16.5. The minimum absolute atomic E-state index is 0.173. The molecule has 0 radical (unpaired) electrons. The summed E-state index contributed by atoms with van der Waals surface area (Å²) >= 11 is 0. The van der Waals surface area contributed by atoms with Gasteiger partial charge in [0, 0.05) is 12.5 Å². The van der Waals surface area contributed by atoms with Crippen molar-refractivity contribution in [2.45, 2.75) is 13.8 Å². The van der Waals surface area contributed by atoms with Gasteiger partial charge in [-0.05, 0) is 37.3 Å². The number of rotatable bonds is 6. The first-order valence-corrected chi connectivity index (χ1v) is 7.75. The number of aromatic amines is 1. The molecule has 0 unspecified atom stereocenters. The molecule has 1 heterocycles. The van der Waals surface area contributed by atoms with E-state index >= 15 is 0 Å². The highest BCUT2D eigenvalue weighted by Gasteiger charge is 2.12. The van der Waals surface area contributed by atoms with Crippen molar-refractivity contribution in [1.82, 2.24) is 9.97 Å². The molecule has 2 aromatic rings. The maximum absolute atomic E-state index is 12.5. The Morgan fingerprint density at radius 1 is 1.23 bits per heavy atom. The van der Waals surface area contributed by atoms with Crippen molar-refractivity contribution in [3.05, 3.63) is 58.2 Å². The minimum Gasteiger partial charge on any atom is -0.493 e. The summed E-state index contributed by atoms with van der Waals surface area (Å²) in [7, 11) is 3.08. The molecule has 136 valence electrons. The first-order chi connectivity index (χ1) is 12.4. The highest BCUT2D eigenvalue weighted by Crippen LogP contribution is 2.30. The van der Waals surface area contributed by atoms with Crippen molar-refractivity contribution in [2.75, 3.05) is 14.2 Å². The standard InChI is InChI=1S/C19H20N2O5/c1-6-14(26-12(3)22)10-15-11(2)20-18(21-19(15)23)13-7-8-16(24-4)17(9-13)25-5/h6-10H,1H2,2-5H3,(H,20,21,23)/b14-10+. The summed E-state index contributed by atoms with van der Waals surface area (Å²) in [4.78, 5) is 30.7. The lowest BCUT2D eigenvalue weighted by atomic mass is 10.1. The van der Waals surface area contributed by atoms with Crippen molar-refractivity contribution < 1.29 is 19.0 Å². The molecule has 0 saturated carbocycles. The monoisotopic (exact) mass is 356 g/mol. The number of hydrogen-bond acceptors (Lipinski definition) is 6. The second-order valence-electron chi connectivity index (χ2n) is 5.33. The molecule has 7 heteroatoms. The Bertz CT molecular complexity index is 928. The van der Waals surface area contributed by atoms with Crippen LogP contribution in [-0.4, -0.2) is 30.2 Å². The fourth-order valence-electron chi connectivity index (χ4n) is 2.32. The van der Waals surface area contributed by atoms with E-state index in [1.807, 2.05) is 0 Å². The Morgan fingerprint density at radius 3 is 2.46 bits per heavy atom. The molecule has 0 spiro atoms. The molecule has 0 atom stereocenters. The van der Waals surface area contributed by atoms with Gasteiger partial charge >= 0.3 is 5.97 Å². The summed E-state index contributed by atoms with van der Waals surface area (Å²) in [5.74, 6) is 1.16. The van der Waals surface area contributed by atoms with E-state index in [1.165, 1.54) is 26.2 Å². The van der Waals surface area contributed by atoms with Crippen LogP contribution in [0.5, 0.6) is 11.5 Å². The fourth-order valence-corrected chi connectivity index (χ4v) is 2.32. The van der Waals surface area contributed by atoms with Gasteiger partial charge in [0.25, 0.3) is 5.56 Å². The van der Waals surface area contributed by atoms with Crippen LogP contribution < -0.4 is 15.0 Å². The van der Waals surface area contributed by atoms with Gasteiger partial charge in [0.1, 0.15) is 11.6 Å². The minimum atomic E-state index is -0.500. The van der Waals surface area contributed by atoms with Crippen LogP contribution in [0, 0.1) is 6.92 Å². The van der Waals surface area contributed by atoms with Gasteiger partial charge < -0.3 is 19.2 Å². The normalized spacial score (nSPS) is 11.0. The average molecular weight is 356 g/mol. The van der Waals surface area contributed by atoms with Crippen LogP contribution in [0.1, 0.15) is 18.2 Å². The molecule has 7 nitrogen and oxygen atoms in total. The predicted molar refractivity (Wildman–Crippen MR) is 98.1 cm³/mol. The molecule has 0 aliphatic carbocycles. The largest absolute Gasteiger partial charge is 0.493 e. The van der Waals surface area contributed by atoms with Crippen LogP contribution >= 0.6 is 0 Å². The zero-order valence-electron chi connectivity index (χ0n) is 15.1. The van der Waals surface area contributed by atoms with Gasteiger partial charge in [0.2, 0.25) is 0 Å². The Morgan fingerprint density at radius 2 is 1.92 bits per heavy atom. The zero-order chi connectivity index (χ0) is 19.3. The topological polar surface area (TPSA) is 90.5 Å². The van der Waals surface area contributed by atoms with Gasteiger partial charge in [-0.1, -0.05) is 6.58 Å². The number of aryl methyl sites for hydroxylation is 1. The second-order valence-corrected chi connectivity index (χ2v) is 5.33. The highest BCUT2D eigenvalue weighted by molar-refractivity contribution is 5.70. The van der Waals surface area contributed by atoms with Gasteiger partial charge in [0.15, 0.2) is 11.5 Å². The van der Waals surface area contributed by atoms with Crippen molar-refractivity contribution in [3.63, 3.8) is 0 Å². The third kappa shape index (κ3) is 4.18. The summed E-state index contributed by atoms with van der Waals surface area (Å²) in [6.07, 6.45) is 2.77. The number of esters is 1. The number of nitrogens with zero attached hydrogens (tertiary/aromatic N) is 1. The van der Waals surface area contributed by atoms with Crippen molar-refractivity contribution in [3.8, 4) is 22.9 Å². The number of aromatic nitrogens is 2. The summed E-state index contributed by atoms with van der Waals surface area (Å²) in [6.45, 7) is 6.53. The molecule has 0 amide bonds. The van der Waals surface area contributed by atoms with Gasteiger partial charge in [0.05, 0.1) is 25.5 Å². The van der Waals surface area contributed by atoms with E-state index in [4.69, 9.17) is 14.2 Å². The molecular weight excluding hydrogens is 336 g/mol. The Labute approximate surface area is 150 Å². The number of methoxy groups -OCH3 is 2. The molecular formula is C19H20N2O5. The average Bonchev–Trinajstić information content (AvgIpc) is 2.62. The maximum atomic E-state index is 12.5. The number of hydrogen-bond donors (Lipinski definition) is 1. The van der Waals surface area contributed by atoms with Gasteiger partial charge in [-0.15, -0.1) is 0 Å². The Balaban J connectivity index is 2.50. The van der Waals surface area contributed by atoms with Gasteiger partial charge in [-0.25, -0.2) is 4.98 Å². The van der Waals surface area contributed by atoms with Crippen LogP contribution in [0.4, 0.5) is 0 Å². The molecule has 0 bridgehead atoms. The molecule has 26 heavy (non-hydrogen) atoms. The van der Waals surface area contributed by atoms with Crippen molar-refractivity contribution in [2.24, 2.45) is 0 Å². The quantitative estimate of drug-likeness (QED) is 0.486. The summed E-state index contributed by atoms with van der Waals surface area (Å²) < 4.78 is 15.5. The molecule has 0 aliphatic heterocycles. The van der Waals surface area contributed by atoms with Crippen molar-refractivity contribution >= 4 is 12.0 Å². The number of carbonyl (C=O) groups excluding carboxylic acids is 1. The fraction of sp³-hybridized carbons (Fsp3) is 0.211. The van der Waals surface area contributed by atoms with E-state index in [9.17, 15) is 9.59 Å². The number of ether oxygens (including phenoxy) is 3. The van der Waals surface area contributed by atoms with E-state index in [0.717, 1.165) is 0 Å². The van der Waals surface area contributed by atoms with Crippen LogP contribution in [0.3, 0.4) is 0 Å². The summed E-state index contributed by atoms with van der Waals surface area (Å²) in [5, 5.41) is 0. The van der Waals surface area contributed by atoms with Crippen LogP contribution in [0.2, 0.25) is 0 Å². The predicted octanol–water partition coefficient (Wildman–Crippen LogP) is 2.85. The second kappa shape index (κ2) is 8.15. The molecule has 0 fully saturated rings. The van der Waals surface area contributed by atoms with E-state index in [1.54, 1.807) is 32.2 Å². The smallest absolute Gasteiger partial charge is 0.308 e. The van der Waals surface area contributed by atoms with E-state index in [0.29, 0.717) is 28.6 Å². The third-order valence-corrected chi connectivity index (χ3v) is 3.55.